The molecule has 0 radical (unpaired) electrons. The van der Waals surface area contributed by atoms with Crippen LogP contribution in [0.25, 0.3) is 0 Å². The van der Waals surface area contributed by atoms with E-state index in [0.29, 0.717) is 19.5 Å². The minimum absolute atomic E-state index is 0.246. The summed E-state index contributed by atoms with van der Waals surface area (Å²) in [6.45, 7) is 5.12. The van der Waals surface area contributed by atoms with Crippen molar-refractivity contribution in [2.24, 2.45) is 0 Å². The highest BCUT2D eigenvalue weighted by Gasteiger charge is 2.07. The summed E-state index contributed by atoms with van der Waals surface area (Å²) in [6.07, 6.45) is 1.84. The molecule has 0 amide bonds. The van der Waals surface area contributed by atoms with E-state index in [0.717, 1.165) is 23.7 Å². The van der Waals surface area contributed by atoms with Gasteiger partial charge in [-0.25, -0.2) is 23.1 Å². The summed E-state index contributed by atoms with van der Waals surface area (Å²) in [5.41, 5.74) is 0. The van der Waals surface area contributed by atoms with Gasteiger partial charge in [-0.05, 0) is 6.42 Å². The lowest BCUT2D eigenvalue weighted by Gasteiger charge is -2.11. The van der Waals surface area contributed by atoms with Gasteiger partial charge in [0.15, 0.2) is 0 Å². The Hall–Kier alpha value is -1.41. The third kappa shape index (κ3) is 6.16. The van der Waals surface area contributed by atoms with Crippen LogP contribution in [0.1, 0.15) is 32.0 Å². The van der Waals surface area contributed by atoms with Crippen LogP contribution < -0.4 is 15.4 Å². The van der Waals surface area contributed by atoms with Crippen molar-refractivity contribution in [3.63, 3.8) is 0 Å². The molecule has 0 aliphatic heterocycles. The molecule has 3 N–H and O–H groups in total. The number of aromatic nitrogens is 2. The molecule has 0 aliphatic carbocycles. The number of nitrogens with zero attached hydrogens (tertiary/aromatic N) is 2. The molecule has 0 aromatic carbocycles. The molecule has 0 unspecified atom stereocenters. The Labute approximate surface area is 120 Å². The van der Waals surface area contributed by atoms with Crippen LogP contribution in [0, 0.1) is 0 Å². The largest absolute Gasteiger partial charge is 0.373 e. The topological polar surface area (TPSA) is 96.0 Å². The predicted molar refractivity (Wildman–Crippen MR) is 81.6 cm³/mol. The highest BCUT2D eigenvalue weighted by atomic mass is 32.2. The van der Waals surface area contributed by atoms with E-state index in [4.69, 9.17) is 0 Å². The average molecular weight is 301 g/mol. The van der Waals surface area contributed by atoms with Crippen molar-refractivity contribution in [3.8, 4) is 0 Å². The molecule has 0 spiro atoms. The molecule has 0 bridgehead atoms. The molecule has 8 heteroatoms. The molecule has 0 aliphatic rings. The highest BCUT2D eigenvalue weighted by molar-refractivity contribution is 7.88. The Morgan fingerprint density at radius 3 is 2.40 bits per heavy atom. The van der Waals surface area contributed by atoms with Crippen molar-refractivity contribution >= 4 is 21.7 Å². The van der Waals surface area contributed by atoms with Gasteiger partial charge in [-0.1, -0.05) is 13.8 Å². The van der Waals surface area contributed by atoms with E-state index in [1.807, 2.05) is 27.0 Å². The van der Waals surface area contributed by atoms with Crippen molar-refractivity contribution < 1.29 is 8.42 Å². The summed E-state index contributed by atoms with van der Waals surface area (Å²) in [7, 11) is -1.30. The second kappa shape index (κ2) is 7.39. The summed E-state index contributed by atoms with van der Waals surface area (Å²) in [4.78, 5) is 8.80. The first-order valence-corrected chi connectivity index (χ1v) is 8.46. The Balaban J connectivity index is 2.53. The number of hydrogen-bond acceptors (Lipinski definition) is 6. The molecule has 0 saturated carbocycles. The van der Waals surface area contributed by atoms with E-state index < -0.39 is 10.0 Å². The third-order valence-corrected chi connectivity index (χ3v) is 3.27. The molecule has 7 nitrogen and oxygen atoms in total. The van der Waals surface area contributed by atoms with Crippen molar-refractivity contribution in [3.05, 3.63) is 11.9 Å². The lowest BCUT2D eigenvalue weighted by atomic mass is 10.2. The van der Waals surface area contributed by atoms with E-state index >= 15 is 0 Å². The Bertz CT molecular complexity index is 531. The molecule has 0 atom stereocenters. The van der Waals surface area contributed by atoms with Gasteiger partial charge in [0.1, 0.15) is 17.5 Å². The van der Waals surface area contributed by atoms with Crippen molar-refractivity contribution in [1.29, 1.82) is 0 Å². The summed E-state index contributed by atoms with van der Waals surface area (Å²) < 4.78 is 24.3. The van der Waals surface area contributed by atoms with Crippen molar-refractivity contribution in [2.75, 3.05) is 37.0 Å². The van der Waals surface area contributed by atoms with Gasteiger partial charge in [-0.15, -0.1) is 0 Å². The van der Waals surface area contributed by atoms with Crippen LogP contribution in [0.5, 0.6) is 0 Å². The number of hydrogen-bond donors (Lipinski definition) is 3. The first-order valence-electron chi connectivity index (χ1n) is 6.57. The van der Waals surface area contributed by atoms with E-state index in [1.165, 1.54) is 0 Å². The molecule has 0 saturated heterocycles. The highest BCUT2D eigenvalue weighted by Crippen LogP contribution is 2.16. The zero-order chi connectivity index (χ0) is 15.2. The number of sulfonamides is 1. The Kier molecular flexibility index (Phi) is 6.15. The van der Waals surface area contributed by atoms with Crippen LogP contribution >= 0.6 is 0 Å². The zero-order valence-electron chi connectivity index (χ0n) is 12.4. The molecule has 1 aromatic heterocycles. The third-order valence-electron chi connectivity index (χ3n) is 2.54. The first kappa shape index (κ1) is 16.6. The molecule has 1 rings (SSSR count). The lowest BCUT2D eigenvalue weighted by molar-refractivity contribution is 0.586. The first-order chi connectivity index (χ1) is 9.31. The van der Waals surface area contributed by atoms with E-state index in [-0.39, 0.29) is 5.92 Å². The van der Waals surface area contributed by atoms with Gasteiger partial charge in [0, 0.05) is 32.1 Å². The Morgan fingerprint density at radius 1 is 1.20 bits per heavy atom. The normalized spacial score (nSPS) is 11.7. The number of anilines is 2. The lowest BCUT2D eigenvalue weighted by Crippen LogP contribution is -2.24. The second-order valence-electron chi connectivity index (χ2n) is 4.85. The maximum atomic E-state index is 10.9. The molecule has 114 valence electrons. The van der Waals surface area contributed by atoms with Crippen molar-refractivity contribution in [1.82, 2.24) is 14.7 Å². The summed E-state index contributed by atoms with van der Waals surface area (Å²) in [6, 6.07) is 1.83. The van der Waals surface area contributed by atoms with Crippen LogP contribution in [0.2, 0.25) is 0 Å². The van der Waals surface area contributed by atoms with Gasteiger partial charge >= 0.3 is 0 Å². The molecule has 1 aromatic rings. The number of nitrogens with one attached hydrogen (secondary N) is 3. The summed E-state index contributed by atoms with van der Waals surface area (Å²) >= 11 is 0. The van der Waals surface area contributed by atoms with Crippen LogP contribution in [0.15, 0.2) is 6.07 Å². The molecule has 1 heterocycles. The molecule has 20 heavy (non-hydrogen) atoms. The molecule has 0 fully saturated rings. The van der Waals surface area contributed by atoms with Gasteiger partial charge in [-0.2, -0.15) is 0 Å². The average Bonchev–Trinajstić information content (AvgIpc) is 2.36. The maximum Gasteiger partial charge on any atom is 0.208 e. The smallest absolute Gasteiger partial charge is 0.208 e. The van der Waals surface area contributed by atoms with Gasteiger partial charge in [-0.3, -0.25) is 0 Å². The van der Waals surface area contributed by atoms with Gasteiger partial charge < -0.3 is 10.6 Å². The quantitative estimate of drug-likeness (QED) is 0.620. The molecular formula is C12H23N5O2S. The van der Waals surface area contributed by atoms with E-state index in [1.54, 1.807) is 0 Å². The predicted octanol–water partition coefficient (Wildman–Crippen LogP) is 0.993. The van der Waals surface area contributed by atoms with E-state index in [9.17, 15) is 8.42 Å². The van der Waals surface area contributed by atoms with Gasteiger partial charge in [0.2, 0.25) is 10.0 Å². The fraction of sp³-hybridized carbons (Fsp3) is 0.667. The number of rotatable bonds is 8. The van der Waals surface area contributed by atoms with Crippen LogP contribution in [0.3, 0.4) is 0 Å². The zero-order valence-corrected chi connectivity index (χ0v) is 13.2. The summed E-state index contributed by atoms with van der Waals surface area (Å²) in [5, 5.41) is 6.18. The second-order valence-corrected chi connectivity index (χ2v) is 6.68. The summed E-state index contributed by atoms with van der Waals surface area (Å²) in [5.74, 6) is 2.53. The van der Waals surface area contributed by atoms with Crippen LogP contribution in [-0.2, 0) is 10.0 Å². The fourth-order valence-electron chi connectivity index (χ4n) is 1.51. The van der Waals surface area contributed by atoms with Crippen LogP contribution in [-0.4, -0.2) is 44.8 Å². The SMILES string of the molecule is CNc1cc(NCCCNS(C)(=O)=O)nc(C(C)C)n1. The molecular weight excluding hydrogens is 278 g/mol. The standard InChI is InChI=1S/C12H23N5O2S/c1-9(2)12-16-10(13-3)8-11(17-12)14-6-5-7-15-20(4,18)19/h8-9,15H,5-7H2,1-4H3,(H2,13,14,16,17). The van der Waals surface area contributed by atoms with E-state index in [2.05, 4.69) is 25.3 Å². The minimum Gasteiger partial charge on any atom is -0.373 e. The monoisotopic (exact) mass is 301 g/mol. The maximum absolute atomic E-state index is 10.9. The van der Waals surface area contributed by atoms with Crippen LogP contribution in [0.4, 0.5) is 11.6 Å². The minimum atomic E-state index is -3.11. The fourth-order valence-corrected chi connectivity index (χ4v) is 2.02. The van der Waals surface area contributed by atoms with Gasteiger partial charge in [0.05, 0.1) is 6.26 Å². The Morgan fingerprint density at radius 2 is 1.85 bits per heavy atom. The van der Waals surface area contributed by atoms with Gasteiger partial charge in [0.25, 0.3) is 0 Å². The van der Waals surface area contributed by atoms with Crippen molar-refractivity contribution in [2.45, 2.75) is 26.2 Å².